The topological polar surface area (TPSA) is 89.0 Å². The predicted octanol–water partition coefficient (Wildman–Crippen LogP) is 6.35. The van der Waals surface area contributed by atoms with E-state index in [1.165, 1.54) is 16.2 Å². The number of anilines is 1. The molecule has 1 aliphatic heterocycles. The van der Waals surface area contributed by atoms with Gasteiger partial charge in [0.1, 0.15) is 23.0 Å². The Kier molecular flexibility index (Phi) is 7.00. The minimum atomic E-state index is -0.898. The van der Waals surface area contributed by atoms with Gasteiger partial charge in [-0.25, -0.2) is 4.98 Å². The summed E-state index contributed by atoms with van der Waals surface area (Å²) in [5.74, 6) is -0.0734. The summed E-state index contributed by atoms with van der Waals surface area (Å²) in [5, 5.41) is 13.5. The number of rotatable bonds is 8. The van der Waals surface area contributed by atoms with Crippen molar-refractivity contribution >= 4 is 33.9 Å². The summed E-state index contributed by atoms with van der Waals surface area (Å²) in [6.07, 6.45) is 2.40. The first-order valence-electron chi connectivity index (χ1n) is 11.8. The smallest absolute Gasteiger partial charge is 0.301 e. The zero-order chi connectivity index (χ0) is 25.8. The van der Waals surface area contributed by atoms with E-state index in [1.54, 1.807) is 60.1 Å². The molecular weight excluding hydrogens is 488 g/mol. The van der Waals surface area contributed by atoms with Crippen LogP contribution in [0.3, 0.4) is 0 Å². The molecule has 1 N–H and O–H groups in total. The molecule has 1 saturated heterocycles. The minimum Gasteiger partial charge on any atom is -0.507 e. The quantitative estimate of drug-likeness (QED) is 0.168. The molecule has 1 fully saturated rings. The summed E-state index contributed by atoms with van der Waals surface area (Å²) >= 11 is 1.24. The lowest BCUT2D eigenvalue weighted by Crippen LogP contribution is -2.29. The van der Waals surface area contributed by atoms with E-state index in [1.807, 2.05) is 37.3 Å². The number of ether oxygens (including phenoxy) is 2. The number of hydrogen-bond acceptors (Lipinski definition) is 7. The molecule has 37 heavy (non-hydrogen) atoms. The molecule has 186 valence electrons. The van der Waals surface area contributed by atoms with E-state index < -0.39 is 17.7 Å². The van der Waals surface area contributed by atoms with Crippen LogP contribution in [0.2, 0.25) is 0 Å². The normalized spacial score (nSPS) is 16.7. The van der Waals surface area contributed by atoms with Crippen LogP contribution in [0.1, 0.15) is 30.5 Å². The molecule has 0 aliphatic carbocycles. The monoisotopic (exact) mass is 512 g/mol. The maximum atomic E-state index is 13.3. The van der Waals surface area contributed by atoms with E-state index in [0.29, 0.717) is 40.1 Å². The van der Waals surface area contributed by atoms with Gasteiger partial charge in [0.2, 0.25) is 0 Å². The molecule has 0 bridgehead atoms. The van der Waals surface area contributed by atoms with Gasteiger partial charge in [0.25, 0.3) is 5.78 Å². The second-order valence-corrected chi connectivity index (χ2v) is 9.22. The molecule has 1 unspecified atom stereocenters. The van der Waals surface area contributed by atoms with Crippen molar-refractivity contribution in [1.82, 2.24) is 4.98 Å². The number of hydrogen-bond donors (Lipinski definition) is 1. The lowest BCUT2D eigenvalue weighted by molar-refractivity contribution is -0.132. The van der Waals surface area contributed by atoms with Crippen molar-refractivity contribution in [2.45, 2.75) is 19.4 Å². The van der Waals surface area contributed by atoms with Gasteiger partial charge in [0, 0.05) is 17.1 Å². The SMILES string of the molecule is CCCOc1cccc(/C(O)=C2\C(=O)C(=O)N(c3nccs3)C2c2cccc(Oc3ccccc3)c2)c1. The molecule has 3 aromatic carbocycles. The maximum Gasteiger partial charge on any atom is 0.301 e. The van der Waals surface area contributed by atoms with Gasteiger partial charge in [0.15, 0.2) is 5.13 Å². The molecule has 0 spiro atoms. The Hall–Kier alpha value is -4.43. The Labute approximate surface area is 218 Å². The van der Waals surface area contributed by atoms with Gasteiger partial charge in [-0.3, -0.25) is 14.5 Å². The molecule has 0 saturated carbocycles. The summed E-state index contributed by atoms with van der Waals surface area (Å²) in [4.78, 5) is 32.2. The van der Waals surface area contributed by atoms with Gasteiger partial charge in [-0.1, -0.05) is 49.4 Å². The van der Waals surface area contributed by atoms with Crippen molar-refractivity contribution in [1.29, 1.82) is 0 Å². The fourth-order valence-electron chi connectivity index (χ4n) is 4.16. The fraction of sp³-hybridized carbons (Fsp3) is 0.138. The summed E-state index contributed by atoms with van der Waals surface area (Å²) in [7, 11) is 0. The fourth-order valence-corrected chi connectivity index (χ4v) is 4.83. The van der Waals surface area contributed by atoms with Gasteiger partial charge < -0.3 is 14.6 Å². The third-order valence-corrected chi connectivity index (χ3v) is 6.57. The van der Waals surface area contributed by atoms with Crippen molar-refractivity contribution in [3.05, 3.63) is 107 Å². The average molecular weight is 513 g/mol. The number of carbonyl (C=O) groups is 2. The lowest BCUT2D eigenvalue weighted by Gasteiger charge is -2.23. The Morgan fingerprint density at radius 3 is 2.49 bits per heavy atom. The van der Waals surface area contributed by atoms with E-state index in [9.17, 15) is 14.7 Å². The van der Waals surface area contributed by atoms with Gasteiger partial charge >= 0.3 is 5.91 Å². The van der Waals surface area contributed by atoms with E-state index >= 15 is 0 Å². The van der Waals surface area contributed by atoms with E-state index in [2.05, 4.69) is 4.98 Å². The zero-order valence-corrected chi connectivity index (χ0v) is 20.9. The van der Waals surface area contributed by atoms with Crippen molar-refractivity contribution < 1.29 is 24.2 Å². The zero-order valence-electron chi connectivity index (χ0n) is 20.0. The van der Waals surface area contributed by atoms with Crippen LogP contribution in [0.4, 0.5) is 5.13 Å². The Morgan fingerprint density at radius 1 is 0.973 bits per heavy atom. The van der Waals surface area contributed by atoms with E-state index in [4.69, 9.17) is 9.47 Å². The first kappa shape index (κ1) is 24.3. The van der Waals surface area contributed by atoms with E-state index in [-0.39, 0.29) is 11.3 Å². The molecule has 2 heterocycles. The molecule has 1 aromatic heterocycles. The van der Waals surface area contributed by atoms with Crippen LogP contribution in [0.25, 0.3) is 5.76 Å². The van der Waals surface area contributed by atoms with Crippen LogP contribution in [0, 0.1) is 0 Å². The number of para-hydroxylation sites is 1. The first-order chi connectivity index (χ1) is 18.1. The Bertz CT molecular complexity index is 1450. The molecule has 5 rings (SSSR count). The standard InChI is InChI=1S/C29H24N2O5S/c1-2-15-35-22-12-7-9-20(18-22)26(32)24-25(31(28(34)27(24)33)29-30-14-16-37-29)19-8-6-13-23(17-19)36-21-10-4-3-5-11-21/h3-14,16-18,25,32H,2,15H2,1H3/b26-24+. The van der Waals surface area contributed by atoms with Crippen LogP contribution < -0.4 is 14.4 Å². The number of aliphatic hydroxyl groups is 1. The molecule has 4 aromatic rings. The lowest BCUT2D eigenvalue weighted by atomic mass is 9.95. The number of aliphatic hydroxyl groups excluding tert-OH is 1. The summed E-state index contributed by atoms with van der Waals surface area (Å²) in [6, 6.07) is 22.4. The predicted molar refractivity (Wildman–Crippen MR) is 142 cm³/mol. The maximum absolute atomic E-state index is 13.3. The van der Waals surface area contributed by atoms with Crippen LogP contribution in [0.15, 0.2) is 96.0 Å². The van der Waals surface area contributed by atoms with Crippen molar-refractivity contribution in [2.24, 2.45) is 0 Å². The number of carbonyl (C=O) groups excluding carboxylic acids is 2. The number of thiazole rings is 1. The molecular formula is C29H24N2O5S. The highest BCUT2D eigenvalue weighted by Gasteiger charge is 2.48. The molecule has 1 aliphatic rings. The van der Waals surface area contributed by atoms with E-state index in [0.717, 1.165) is 6.42 Å². The third kappa shape index (κ3) is 4.96. The molecule has 1 amide bonds. The second kappa shape index (κ2) is 10.7. The highest BCUT2D eigenvalue weighted by atomic mass is 32.1. The highest BCUT2D eigenvalue weighted by molar-refractivity contribution is 7.14. The van der Waals surface area contributed by atoms with Crippen LogP contribution in [0.5, 0.6) is 17.2 Å². The summed E-state index contributed by atoms with van der Waals surface area (Å²) in [5.41, 5.74) is 0.958. The van der Waals surface area contributed by atoms with Gasteiger partial charge in [-0.05, 0) is 48.4 Å². The second-order valence-electron chi connectivity index (χ2n) is 8.35. The van der Waals surface area contributed by atoms with Crippen LogP contribution in [-0.4, -0.2) is 28.4 Å². The number of ketones is 1. The van der Waals surface area contributed by atoms with Gasteiger partial charge in [-0.2, -0.15) is 0 Å². The molecule has 1 atom stereocenters. The number of amides is 1. The Morgan fingerprint density at radius 2 is 1.73 bits per heavy atom. The largest absolute Gasteiger partial charge is 0.507 e. The molecule has 7 nitrogen and oxygen atoms in total. The molecule has 0 radical (unpaired) electrons. The number of benzene rings is 3. The van der Waals surface area contributed by atoms with Crippen LogP contribution in [-0.2, 0) is 9.59 Å². The van der Waals surface area contributed by atoms with Crippen LogP contribution >= 0.6 is 11.3 Å². The first-order valence-corrected chi connectivity index (χ1v) is 12.7. The number of Topliss-reactive ketones (excluding diaryl/α,β-unsaturated/α-hetero) is 1. The number of nitrogens with zero attached hydrogens (tertiary/aromatic N) is 2. The average Bonchev–Trinajstić information content (AvgIpc) is 3.54. The Balaban J connectivity index is 1.62. The van der Waals surface area contributed by atoms with Gasteiger partial charge in [-0.15, -0.1) is 11.3 Å². The van der Waals surface area contributed by atoms with Gasteiger partial charge in [0.05, 0.1) is 18.2 Å². The van der Waals surface area contributed by atoms with Crippen molar-refractivity contribution in [3.63, 3.8) is 0 Å². The highest BCUT2D eigenvalue weighted by Crippen LogP contribution is 2.43. The third-order valence-electron chi connectivity index (χ3n) is 5.80. The summed E-state index contributed by atoms with van der Waals surface area (Å²) in [6.45, 7) is 2.52. The molecule has 8 heteroatoms. The minimum absolute atomic E-state index is 0.0234. The van der Waals surface area contributed by atoms with Crippen molar-refractivity contribution in [3.8, 4) is 17.2 Å². The number of aromatic nitrogens is 1. The van der Waals surface area contributed by atoms with Crippen molar-refractivity contribution in [2.75, 3.05) is 11.5 Å². The summed E-state index contributed by atoms with van der Waals surface area (Å²) < 4.78 is 11.7.